The van der Waals surface area contributed by atoms with Crippen molar-refractivity contribution in [2.45, 2.75) is 6.54 Å². The lowest BCUT2D eigenvalue weighted by molar-refractivity contribution is -0.137. The molecule has 2 amide bonds. The number of nitrogens with one attached hydrogen (secondary N) is 1. The van der Waals surface area contributed by atoms with Gasteiger partial charge in [0.15, 0.2) is 0 Å². The Morgan fingerprint density at radius 2 is 2.10 bits per heavy atom. The van der Waals surface area contributed by atoms with Gasteiger partial charge >= 0.3 is 12.0 Å². The van der Waals surface area contributed by atoms with E-state index in [4.69, 9.17) is 9.84 Å². The Bertz CT molecular complexity index is 511. The molecule has 0 aliphatic rings. The number of amides is 2. The van der Waals surface area contributed by atoms with Gasteiger partial charge in [0.2, 0.25) is 0 Å². The SMILES string of the molecule is COCCN(CC(=O)O)C(=O)NCc1ccc(F)cc1F. The molecular formula is C13H16F2N2O4. The zero-order valence-corrected chi connectivity index (χ0v) is 11.4. The van der Waals surface area contributed by atoms with E-state index in [9.17, 15) is 18.4 Å². The number of halogens is 2. The van der Waals surface area contributed by atoms with Crippen LogP contribution in [-0.4, -0.2) is 48.8 Å². The molecule has 1 aromatic carbocycles. The summed E-state index contributed by atoms with van der Waals surface area (Å²) in [4.78, 5) is 23.5. The number of urea groups is 1. The van der Waals surface area contributed by atoms with Crippen molar-refractivity contribution in [3.05, 3.63) is 35.4 Å². The van der Waals surface area contributed by atoms with Crippen molar-refractivity contribution in [1.29, 1.82) is 0 Å². The van der Waals surface area contributed by atoms with Crippen LogP contribution in [0.5, 0.6) is 0 Å². The van der Waals surface area contributed by atoms with Crippen LogP contribution in [0.1, 0.15) is 5.56 Å². The third-order valence-corrected chi connectivity index (χ3v) is 2.62. The summed E-state index contributed by atoms with van der Waals surface area (Å²) >= 11 is 0. The lowest BCUT2D eigenvalue weighted by Crippen LogP contribution is -2.44. The molecule has 0 radical (unpaired) electrons. The van der Waals surface area contributed by atoms with Crippen LogP contribution < -0.4 is 5.32 Å². The summed E-state index contributed by atoms with van der Waals surface area (Å²) < 4.78 is 30.9. The highest BCUT2D eigenvalue weighted by Gasteiger charge is 2.16. The Morgan fingerprint density at radius 3 is 2.67 bits per heavy atom. The first-order chi connectivity index (χ1) is 9.93. The first kappa shape index (κ1) is 16.8. The molecule has 116 valence electrons. The molecular weight excluding hydrogens is 286 g/mol. The summed E-state index contributed by atoms with van der Waals surface area (Å²) in [5, 5.41) is 11.1. The number of aliphatic carboxylic acids is 1. The number of hydrogen-bond donors (Lipinski definition) is 2. The second-order valence-corrected chi connectivity index (χ2v) is 4.20. The smallest absolute Gasteiger partial charge is 0.323 e. The molecule has 0 bridgehead atoms. The second kappa shape index (κ2) is 8.15. The zero-order valence-electron chi connectivity index (χ0n) is 11.4. The third-order valence-electron chi connectivity index (χ3n) is 2.62. The highest BCUT2D eigenvalue weighted by molar-refractivity contribution is 5.80. The van der Waals surface area contributed by atoms with Gasteiger partial charge in [0, 0.05) is 31.8 Å². The molecule has 0 fully saturated rings. The monoisotopic (exact) mass is 302 g/mol. The fourth-order valence-electron chi connectivity index (χ4n) is 1.56. The van der Waals surface area contributed by atoms with E-state index in [-0.39, 0.29) is 25.3 Å². The van der Waals surface area contributed by atoms with E-state index in [0.29, 0.717) is 6.07 Å². The van der Waals surface area contributed by atoms with Crippen molar-refractivity contribution in [3.8, 4) is 0 Å². The van der Waals surface area contributed by atoms with Crippen LogP contribution in [-0.2, 0) is 16.1 Å². The van der Waals surface area contributed by atoms with Crippen LogP contribution in [0, 0.1) is 11.6 Å². The average Bonchev–Trinajstić information content (AvgIpc) is 2.41. The molecule has 0 saturated carbocycles. The van der Waals surface area contributed by atoms with Crippen LogP contribution in [0.4, 0.5) is 13.6 Å². The van der Waals surface area contributed by atoms with Gasteiger partial charge in [0.1, 0.15) is 18.2 Å². The molecule has 1 rings (SSSR count). The number of hydrogen-bond acceptors (Lipinski definition) is 3. The van der Waals surface area contributed by atoms with Crippen LogP contribution in [0.15, 0.2) is 18.2 Å². The number of nitrogens with zero attached hydrogens (tertiary/aromatic N) is 1. The van der Waals surface area contributed by atoms with E-state index < -0.39 is 30.2 Å². The van der Waals surface area contributed by atoms with Gasteiger partial charge in [0.25, 0.3) is 0 Å². The van der Waals surface area contributed by atoms with E-state index in [1.54, 1.807) is 0 Å². The molecule has 8 heteroatoms. The first-order valence-electron chi connectivity index (χ1n) is 6.11. The lowest BCUT2D eigenvalue weighted by Gasteiger charge is -2.20. The minimum Gasteiger partial charge on any atom is -0.480 e. The minimum atomic E-state index is -1.17. The molecule has 0 spiro atoms. The molecule has 6 nitrogen and oxygen atoms in total. The van der Waals surface area contributed by atoms with E-state index in [1.165, 1.54) is 13.2 Å². The number of carboxylic acid groups (broad SMARTS) is 1. The predicted octanol–water partition coefficient (Wildman–Crippen LogP) is 1.21. The Balaban J connectivity index is 2.61. The molecule has 0 saturated heterocycles. The molecule has 0 aliphatic carbocycles. The van der Waals surface area contributed by atoms with E-state index >= 15 is 0 Å². The molecule has 2 N–H and O–H groups in total. The molecule has 0 aliphatic heterocycles. The van der Waals surface area contributed by atoms with Crippen LogP contribution in [0.2, 0.25) is 0 Å². The van der Waals surface area contributed by atoms with Gasteiger partial charge in [-0.15, -0.1) is 0 Å². The Morgan fingerprint density at radius 1 is 1.38 bits per heavy atom. The maximum Gasteiger partial charge on any atom is 0.323 e. The topological polar surface area (TPSA) is 78.9 Å². The predicted molar refractivity (Wildman–Crippen MR) is 69.7 cm³/mol. The van der Waals surface area contributed by atoms with Crippen molar-refractivity contribution < 1.29 is 28.2 Å². The van der Waals surface area contributed by atoms with Gasteiger partial charge < -0.3 is 20.1 Å². The first-order valence-corrected chi connectivity index (χ1v) is 6.11. The third kappa shape index (κ3) is 5.74. The van der Waals surface area contributed by atoms with E-state index in [1.807, 2.05) is 0 Å². The fraction of sp³-hybridized carbons (Fsp3) is 0.385. The number of ether oxygens (including phenoxy) is 1. The molecule has 0 atom stereocenters. The van der Waals surface area contributed by atoms with Crippen LogP contribution in [0.3, 0.4) is 0 Å². The summed E-state index contributed by atoms with van der Waals surface area (Å²) in [5.41, 5.74) is 0.103. The number of carbonyl (C=O) groups is 2. The highest BCUT2D eigenvalue weighted by Crippen LogP contribution is 2.09. The summed E-state index contributed by atoms with van der Waals surface area (Å²) in [6.45, 7) is -0.415. The van der Waals surface area contributed by atoms with Gasteiger partial charge in [-0.05, 0) is 6.07 Å². The number of rotatable bonds is 7. The molecule has 0 aromatic heterocycles. The maximum atomic E-state index is 13.4. The highest BCUT2D eigenvalue weighted by atomic mass is 19.1. The summed E-state index contributed by atoms with van der Waals surface area (Å²) in [6, 6.07) is 2.33. The lowest BCUT2D eigenvalue weighted by atomic mass is 10.2. The normalized spacial score (nSPS) is 10.2. The van der Waals surface area contributed by atoms with Crippen LogP contribution in [0.25, 0.3) is 0 Å². The molecule has 1 aromatic rings. The number of carboxylic acids is 1. The number of benzene rings is 1. The molecule has 21 heavy (non-hydrogen) atoms. The number of carbonyl (C=O) groups excluding carboxylic acids is 1. The summed E-state index contributed by atoms with van der Waals surface area (Å²) in [7, 11) is 1.42. The van der Waals surface area contributed by atoms with E-state index in [0.717, 1.165) is 11.0 Å². The Kier molecular flexibility index (Phi) is 6.54. The summed E-state index contributed by atoms with van der Waals surface area (Å²) in [6.07, 6.45) is 0. The fourth-order valence-corrected chi connectivity index (χ4v) is 1.56. The quantitative estimate of drug-likeness (QED) is 0.793. The van der Waals surface area contributed by atoms with Gasteiger partial charge in [-0.1, -0.05) is 6.07 Å². The van der Waals surface area contributed by atoms with Crippen LogP contribution >= 0.6 is 0 Å². The molecule has 0 heterocycles. The Labute approximate surface area is 120 Å². The largest absolute Gasteiger partial charge is 0.480 e. The number of methoxy groups -OCH3 is 1. The van der Waals surface area contributed by atoms with Gasteiger partial charge in [-0.25, -0.2) is 13.6 Å². The van der Waals surface area contributed by atoms with E-state index in [2.05, 4.69) is 5.32 Å². The van der Waals surface area contributed by atoms with Gasteiger partial charge in [-0.2, -0.15) is 0 Å². The standard InChI is InChI=1S/C13H16F2N2O4/c1-21-5-4-17(8-12(18)19)13(20)16-7-9-2-3-10(14)6-11(9)15/h2-3,6H,4-5,7-8H2,1H3,(H,16,20)(H,18,19). The minimum absolute atomic E-state index is 0.0839. The van der Waals surface area contributed by atoms with Gasteiger partial charge in [-0.3, -0.25) is 4.79 Å². The average molecular weight is 302 g/mol. The summed E-state index contributed by atoms with van der Waals surface area (Å²) in [5.74, 6) is -2.67. The maximum absolute atomic E-state index is 13.4. The van der Waals surface area contributed by atoms with Crippen molar-refractivity contribution in [2.75, 3.05) is 26.8 Å². The van der Waals surface area contributed by atoms with Crippen molar-refractivity contribution in [3.63, 3.8) is 0 Å². The van der Waals surface area contributed by atoms with Gasteiger partial charge in [0.05, 0.1) is 6.61 Å². The zero-order chi connectivity index (χ0) is 15.8. The second-order valence-electron chi connectivity index (χ2n) is 4.20. The van der Waals surface area contributed by atoms with Crippen molar-refractivity contribution >= 4 is 12.0 Å². The van der Waals surface area contributed by atoms with Crippen molar-refractivity contribution in [2.24, 2.45) is 0 Å². The molecule has 0 unspecified atom stereocenters. The Hall–Kier alpha value is -2.22. The van der Waals surface area contributed by atoms with Crippen molar-refractivity contribution in [1.82, 2.24) is 10.2 Å².